The van der Waals surface area contributed by atoms with Crippen LogP contribution in [-0.2, 0) is 0 Å². The average Bonchev–Trinajstić information content (AvgIpc) is 2.53. The van der Waals surface area contributed by atoms with Gasteiger partial charge in [0.1, 0.15) is 0 Å². The van der Waals surface area contributed by atoms with Crippen molar-refractivity contribution in [2.45, 2.75) is 64.0 Å². The second-order valence-corrected chi connectivity index (χ2v) is 5.07. The molecule has 1 N–H and O–H groups in total. The van der Waals surface area contributed by atoms with Gasteiger partial charge in [-0.2, -0.15) is 0 Å². The lowest BCUT2D eigenvalue weighted by atomic mass is 9.78. The van der Waals surface area contributed by atoms with E-state index >= 15 is 0 Å². The van der Waals surface area contributed by atoms with Crippen LogP contribution >= 0.6 is 0 Å². The van der Waals surface area contributed by atoms with Crippen molar-refractivity contribution in [2.24, 2.45) is 5.92 Å². The highest BCUT2D eigenvalue weighted by atomic mass is 14.9. The molecule has 0 spiro atoms. The molecule has 1 nitrogen and oxygen atoms in total. The number of rotatable bonds is 4. The van der Waals surface area contributed by atoms with E-state index in [1.165, 1.54) is 50.5 Å². The van der Waals surface area contributed by atoms with Crippen molar-refractivity contribution in [1.29, 1.82) is 0 Å². The highest BCUT2D eigenvalue weighted by molar-refractivity contribution is 5.11. The predicted octanol–water partition coefficient (Wildman–Crippen LogP) is 3.26. The van der Waals surface area contributed by atoms with Crippen molar-refractivity contribution in [1.82, 2.24) is 5.32 Å². The van der Waals surface area contributed by atoms with Gasteiger partial charge < -0.3 is 5.32 Å². The van der Waals surface area contributed by atoms with Crippen molar-refractivity contribution >= 4 is 0 Å². The molecule has 0 aromatic rings. The first-order valence-corrected chi connectivity index (χ1v) is 6.22. The zero-order valence-electron chi connectivity index (χ0n) is 9.39. The standard InChI is InChI=1S/C13H23N/c1-10(12-6-5-7-12)11(2)14-13-8-3-4-9-13/h11-14H,1,3-9H2,2H3. The van der Waals surface area contributed by atoms with Gasteiger partial charge in [0.05, 0.1) is 0 Å². The summed E-state index contributed by atoms with van der Waals surface area (Å²) in [4.78, 5) is 0. The number of hydrogen-bond acceptors (Lipinski definition) is 1. The second-order valence-electron chi connectivity index (χ2n) is 5.07. The van der Waals surface area contributed by atoms with Crippen LogP contribution in [0.5, 0.6) is 0 Å². The van der Waals surface area contributed by atoms with E-state index in [1.54, 1.807) is 0 Å². The van der Waals surface area contributed by atoms with E-state index in [0.29, 0.717) is 6.04 Å². The van der Waals surface area contributed by atoms with Crippen LogP contribution in [0.1, 0.15) is 51.9 Å². The third-order valence-corrected chi connectivity index (χ3v) is 4.03. The summed E-state index contributed by atoms with van der Waals surface area (Å²) in [6.07, 6.45) is 9.77. The first-order valence-electron chi connectivity index (χ1n) is 6.22. The summed E-state index contributed by atoms with van der Waals surface area (Å²) < 4.78 is 0. The fraction of sp³-hybridized carbons (Fsp3) is 0.846. The Morgan fingerprint density at radius 2 is 1.79 bits per heavy atom. The first kappa shape index (κ1) is 10.2. The normalized spacial score (nSPS) is 26.1. The van der Waals surface area contributed by atoms with Crippen LogP contribution in [-0.4, -0.2) is 12.1 Å². The molecular formula is C13H23N. The van der Waals surface area contributed by atoms with Gasteiger partial charge in [-0.3, -0.25) is 0 Å². The van der Waals surface area contributed by atoms with Crippen molar-refractivity contribution in [3.05, 3.63) is 12.2 Å². The lowest BCUT2D eigenvalue weighted by Crippen LogP contribution is -2.38. The quantitative estimate of drug-likeness (QED) is 0.676. The summed E-state index contributed by atoms with van der Waals surface area (Å²) in [5, 5.41) is 3.73. The Balaban J connectivity index is 1.75. The van der Waals surface area contributed by atoms with E-state index in [0.717, 1.165) is 12.0 Å². The average molecular weight is 193 g/mol. The van der Waals surface area contributed by atoms with Crippen molar-refractivity contribution < 1.29 is 0 Å². The van der Waals surface area contributed by atoms with Gasteiger partial charge in [0.15, 0.2) is 0 Å². The van der Waals surface area contributed by atoms with Gasteiger partial charge in [-0.05, 0) is 38.5 Å². The maximum atomic E-state index is 4.26. The van der Waals surface area contributed by atoms with Crippen LogP contribution < -0.4 is 5.32 Å². The first-order chi connectivity index (χ1) is 6.77. The fourth-order valence-electron chi connectivity index (χ4n) is 2.69. The van der Waals surface area contributed by atoms with Crippen molar-refractivity contribution in [3.63, 3.8) is 0 Å². The molecular weight excluding hydrogens is 170 g/mol. The molecule has 80 valence electrons. The zero-order valence-corrected chi connectivity index (χ0v) is 9.39. The molecule has 1 unspecified atom stereocenters. The highest BCUT2D eigenvalue weighted by Gasteiger charge is 2.25. The van der Waals surface area contributed by atoms with E-state index < -0.39 is 0 Å². The predicted molar refractivity (Wildman–Crippen MR) is 61.3 cm³/mol. The van der Waals surface area contributed by atoms with E-state index in [9.17, 15) is 0 Å². The number of hydrogen-bond donors (Lipinski definition) is 1. The van der Waals surface area contributed by atoms with Crippen LogP contribution in [0.3, 0.4) is 0 Å². The van der Waals surface area contributed by atoms with Crippen LogP contribution in [0.4, 0.5) is 0 Å². The molecule has 2 fully saturated rings. The molecule has 0 heterocycles. The van der Waals surface area contributed by atoms with Crippen LogP contribution in [0.2, 0.25) is 0 Å². The van der Waals surface area contributed by atoms with E-state index in [4.69, 9.17) is 0 Å². The minimum absolute atomic E-state index is 0.545. The molecule has 2 aliphatic carbocycles. The van der Waals surface area contributed by atoms with Crippen LogP contribution in [0.15, 0.2) is 12.2 Å². The van der Waals surface area contributed by atoms with Gasteiger partial charge in [-0.15, -0.1) is 0 Å². The minimum atomic E-state index is 0.545. The molecule has 2 saturated carbocycles. The molecule has 2 rings (SSSR count). The second kappa shape index (κ2) is 4.48. The lowest BCUT2D eigenvalue weighted by Gasteiger charge is -2.32. The molecule has 1 heteroatoms. The van der Waals surface area contributed by atoms with E-state index in [2.05, 4.69) is 18.8 Å². The van der Waals surface area contributed by atoms with Crippen LogP contribution in [0.25, 0.3) is 0 Å². The zero-order chi connectivity index (χ0) is 9.97. The van der Waals surface area contributed by atoms with Gasteiger partial charge in [0.25, 0.3) is 0 Å². The summed E-state index contributed by atoms with van der Waals surface area (Å²) in [5.41, 5.74) is 1.46. The summed E-state index contributed by atoms with van der Waals surface area (Å²) in [5.74, 6) is 0.832. The lowest BCUT2D eigenvalue weighted by molar-refractivity contribution is 0.336. The van der Waals surface area contributed by atoms with Crippen molar-refractivity contribution in [2.75, 3.05) is 0 Å². The van der Waals surface area contributed by atoms with E-state index in [1.807, 2.05) is 0 Å². The van der Waals surface area contributed by atoms with Gasteiger partial charge in [0.2, 0.25) is 0 Å². The summed E-state index contributed by atoms with van der Waals surface area (Å²) >= 11 is 0. The Labute approximate surface area is 88.0 Å². The number of nitrogens with one attached hydrogen (secondary N) is 1. The summed E-state index contributed by atoms with van der Waals surface area (Å²) in [6.45, 7) is 6.55. The van der Waals surface area contributed by atoms with Gasteiger partial charge >= 0.3 is 0 Å². The van der Waals surface area contributed by atoms with Crippen LogP contribution in [0, 0.1) is 5.92 Å². The third-order valence-electron chi connectivity index (χ3n) is 4.03. The molecule has 0 aliphatic heterocycles. The smallest absolute Gasteiger partial charge is 0.0253 e. The van der Waals surface area contributed by atoms with Gasteiger partial charge in [-0.1, -0.05) is 31.4 Å². The maximum Gasteiger partial charge on any atom is 0.0253 e. The molecule has 14 heavy (non-hydrogen) atoms. The topological polar surface area (TPSA) is 12.0 Å². The third kappa shape index (κ3) is 2.20. The maximum absolute atomic E-state index is 4.26. The Morgan fingerprint density at radius 1 is 1.14 bits per heavy atom. The Kier molecular flexibility index (Phi) is 3.27. The molecule has 0 aromatic heterocycles. The molecule has 0 aromatic carbocycles. The monoisotopic (exact) mass is 193 g/mol. The minimum Gasteiger partial charge on any atom is -0.308 e. The van der Waals surface area contributed by atoms with E-state index in [-0.39, 0.29) is 0 Å². The molecule has 0 bridgehead atoms. The largest absolute Gasteiger partial charge is 0.308 e. The summed E-state index contributed by atoms with van der Waals surface area (Å²) in [7, 11) is 0. The van der Waals surface area contributed by atoms with Crippen molar-refractivity contribution in [3.8, 4) is 0 Å². The molecule has 2 aliphatic rings. The Bertz CT molecular complexity index is 199. The molecule has 0 saturated heterocycles. The Hall–Kier alpha value is -0.300. The molecule has 0 radical (unpaired) electrons. The SMILES string of the molecule is C=C(C1CCC1)C(C)NC1CCCC1. The van der Waals surface area contributed by atoms with Gasteiger partial charge in [0, 0.05) is 12.1 Å². The summed E-state index contributed by atoms with van der Waals surface area (Å²) in [6, 6.07) is 1.32. The highest BCUT2D eigenvalue weighted by Crippen LogP contribution is 2.34. The molecule has 1 atom stereocenters. The fourth-order valence-corrected chi connectivity index (χ4v) is 2.69. The molecule has 0 amide bonds. The Morgan fingerprint density at radius 3 is 2.29 bits per heavy atom. The van der Waals surface area contributed by atoms with Gasteiger partial charge in [-0.25, -0.2) is 0 Å².